The number of ether oxygens (including phenoxy) is 2. The van der Waals surface area contributed by atoms with Crippen molar-refractivity contribution in [2.45, 2.75) is 83.5 Å². The summed E-state index contributed by atoms with van der Waals surface area (Å²) in [6.07, 6.45) is 4.51. The number of nitrogens with zero attached hydrogens (tertiary/aromatic N) is 1. The van der Waals surface area contributed by atoms with Crippen LogP contribution in [0.5, 0.6) is 0 Å². The van der Waals surface area contributed by atoms with Crippen LogP contribution < -0.4 is 10.6 Å². The molecule has 0 spiro atoms. The zero-order valence-corrected chi connectivity index (χ0v) is 30.2. The van der Waals surface area contributed by atoms with Gasteiger partial charge in [0.15, 0.2) is 0 Å². The van der Waals surface area contributed by atoms with Gasteiger partial charge in [0.2, 0.25) is 11.8 Å². The predicted octanol–water partition coefficient (Wildman–Crippen LogP) is 5.66. The van der Waals surface area contributed by atoms with Gasteiger partial charge in [0.25, 0.3) is 0 Å². The van der Waals surface area contributed by atoms with Crippen LogP contribution in [0.2, 0.25) is 0 Å². The summed E-state index contributed by atoms with van der Waals surface area (Å²) < 4.78 is 11.5. The molecule has 0 bridgehead atoms. The number of benzene rings is 3. The van der Waals surface area contributed by atoms with Crippen molar-refractivity contribution in [3.05, 3.63) is 107 Å². The highest BCUT2D eigenvalue weighted by Crippen LogP contribution is 2.44. The number of carbonyl (C=O) groups excluding carboxylic acids is 4. The van der Waals surface area contributed by atoms with E-state index >= 15 is 0 Å². The number of aliphatic hydroxyl groups is 1. The number of alkyl carbamates (subject to hydrolysis) is 1. The zero-order chi connectivity index (χ0) is 36.8. The van der Waals surface area contributed by atoms with Gasteiger partial charge in [0, 0.05) is 18.9 Å². The highest BCUT2D eigenvalue weighted by molar-refractivity contribution is 5.87. The van der Waals surface area contributed by atoms with E-state index in [0.717, 1.165) is 33.4 Å². The first-order chi connectivity index (χ1) is 25.0. The summed E-state index contributed by atoms with van der Waals surface area (Å²) in [5, 5.41) is 15.9. The minimum absolute atomic E-state index is 0.0303. The third kappa shape index (κ3) is 8.39. The Balaban J connectivity index is 1.12. The van der Waals surface area contributed by atoms with E-state index < -0.39 is 35.5 Å². The van der Waals surface area contributed by atoms with E-state index in [2.05, 4.69) is 22.8 Å². The van der Waals surface area contributed by atoms with Crippen LogP contribution in [0, 0.1) is 11.3 Å². The van der Waals surface area contributed by atoms with Crippen LogP contribution in [0.4, 0.5) is 4.79 Å². The van der Waals surface area contributed by atoms with Crippen molar-refractivity contribution in [3.8, 4) is 11.1 Å². The molecule has 6 rings (SSSR count). The van der Waals surface area contributed by atoms with Crippen molar-refractivity contribution in [1.82, 2.24) is 15.5 Å². The first-order valence-electron chi connectivity index (χ1n) is 18.2. The molecule has 10 heteroatoms. The lowest BCUT2D eigenvalue weighted by Crippen LogP contribution is -2.51. The lowest BCUT2D eigenvalue weighted by molar-refractivity contribution is -0.148. The van der Waals surface area contributed by atoms with Crippen molar-refractivity contribution in [2.24, 2.45) is 11.3 Å². The SMILES string of the molecule is CC(C)(C)C1COC(=O)C(NC(=O)OCC2c3ccccc3-c3ccccc32)CCC=CCC(CC(=O)N2Cc3ccccc3CC2CO)C(=O)N1. The molecule has 3 aromatic rings. The van der Waals surface area contributed by atoms with Gasteiger partial charge in [-0.2, -0.15) is 0 Å². The summed E-state index contributed by atoms with van der Waals surface area (Å²) in [6.45, 7) is 6.03. The number of amides is 3. The number of allylic oxidation sites excluding steroid dienone is 2. The zero-order valence-electron chi connectivity index (χ0n) is 30.2. The van der Waals surface area contributed by atoms with Crippen molar-refractivity contribution in [3.63, 3.8) is 0 Å². The number of rotatable bonds is 6. The molecule has 1 aliphatic carbocycles. The number of hydrogen-bond acceptors (Lipinski definition) is 7. The Morgan fingerprint density at radius 1 is 0.942 bits per heavy atom. The molecule has 0 fully saturated rings. The van der Waals surface area contributed by atoms with Gasteiger partial charge in [0.05, 0.1) is 24.6 Å². The van der Waals surface area contributed by atoms with E-state index in [1.165, 1.54) is 0 Å². The molecule has 3 amide bonds. The topological polar surface area (TPSA) is 134 Å². The Morgan fingerprint density at radius 2 is 1.60 bits per heavy atom. The molecule has 2 aliphatic heterocycles. The number of hydrogen-bond donors (Lipinski definition) is 3. The highest BCUT2D eigenvalue weighted by Gasteiger charge is 2.36. The Hall–Kier alpha value is -4.96. The average molecular weight is 708 g/mol. The van der Waals surface area contributed by atoms with Crippen LogP contribution >= 0.6 is 0 Å². The monoisotopic (exact) mass is 707 g/mol. The summed E-state index contributed by atoms with van der Waals surface area (Å²) >= 11 is 0. The molecular formula is C42H49N3O7. The fourth-order valence-corrected chi connectivity index (χ4v) is 7.39. The molecule has 2 heterocycles. The molecule has 0 aromatic heterocycles. The second kappa shape index (κ2) is 16.2. The maximum Gasteiger partial charge on any atom is 0.407 e. The number of carbonyl (C=O) groups is 4. The summed E-state index contributed by atoms with van der Waals surface area (Å²) in [6, 6.07) is 22.2. The average Bonchev–Trinajstić information content (AvgIpc) is 3.46. The van der Waals surface area contributed by atoms with Gasteiger partial charge in [-0.05, 0) is 64.5 Å². The van der Waals surface area contributed by atoms with Crippen molar-refractivity contribution >= 4 is 23.9 Å². The molecule has 0 saturated heterocycles. The molecule has 0 saturated carbocycles. The summed E-state index contributed by atoms with van der Waals surface area (Å²) in [4.78, 5) is 55.8. The number of nitrogens with one attached hydrogen (secondary N) is 2. The van der Waals surface area contributed by atoms with Gasteiger partial charge < -0.3 is 30.1 Å². The normalized spacial score (nSPS) is 22.3. The molecular weight excluding hydrogens is 658 g/mol. The predicted molar refractivity (Wildman–Crippen MR) is 197 cm³/mol. The van der Waals surface area contributed by atoms with Crippen molar-refractivity contribution < 1.29 is 33.8 Å². The molecule has 0 radical (unpaired) electrons. The van der Waals surface area contributed by atoms with Crippen LogP contribution in [-0.4, -0.2) is 71.8 Å². The Labute approximate surface area is 305 Å². The molecule has 10 nitrogen and oxygen atoms in total. The molecule has 3 N–H and O–H groups in total. The number of aliphatic hydroxyl groups excluding tert-OH is 1. The van der Waals surface area contributed by atoms with Crippen LogP contribution in [0.15, 0.2) is 84.9 Å². The standard InChI is InChI=1S/C42H49N3O7/c1-42(2,3)37-26-51-40(49)36(43-41(50)52-25-35-33-18-11-9-16-31(33)32-17-10-12-19-34(32)35)20-6-4-5-14-28(39(48)44-37)22-38(47)45-23-29-15-8-7-13-27(29)21-30(45)24-46/h4-5,7-13,15-19,28,30,35-37,46H,6,14,20-26H2,1-3H3,(H,43,50)(H,44,48). The molecule has 3 aromatic carbocycles. The van der Waals surface area contributed by atoms with E-state index in [-0.39, 0.29) is 56.4 Å². The molecule has 4 atom stereocenters. The van der Waals surface area contributed by atoms with Gasteiger partial charge in [-0.15, -0.1) is 0 Å². The third-order valence-electron chi connectivity index (χ3n) is 10.6. The fourth-order valence-electron chi connectivity index (χ4n) is 7.39. The second-order valence-electron chi connectivity index (χ2n) is 15.1. The highest BCUT2D eigenvalue weighted by atomic mass is 16.6. The number of esters is 1. The van der Waals surface area contributed by atoms with Gasteiger partial charge in [-0.25, -0.2) is 9.59 Å². The van der Waals surface area contributed by atoms with Crippen LogP contribution in [0.25, 0.3) is 11.1 Å². The second-order valence-corrected chi connectivity index (χ2v) is 15.1. The van der Waals surface area contributed by atoms with Crippen LogP contribution in [0.3, 0.4) is 0 Å². The molecule has 274 valence electrons. The fraction of sp³-hybridized carbons (Fsp3) is 0.429. The Bertz CT molecular complexity index is 1770. The number of fused-ring (bicyclic) bond motifs is 4. The third-order valence-corrected chi connectivity index (χ3v) is 10.6. The maximum atomic E-state index is 13.8. The van der Waals surface area contributed by atoms with Crippen molar-refractivity contribution in [2.75, 3.05) is 19.8 Å². The van der Waals surface area contributed by atoms with Crippen molar-refractivity contribution in [1.29, 1.82) is 0 Å². The molecule has 52 heavy (non-hydrogen) atoms. The quantitative estimate of drug-likeness (QED) is 0.223. The Morgan fingerprint density at radius 3 is 2.27 bits per heavy atom. The Kier molecular flexibility index (Phi) is 11.4. The summed E-state index contributed by atoms with van der Waals surface area (Å²) in [7, 11) is 0. The van der Waals surface area contributed by atoms with E-state index in [9.17, 15) is 24.3 Å². The van der Waals surface area contributed by atoms with Gasteiger partial charge >= 0.3 is 12.1 Å². The molecule has 3 aliphatic rings. The van der Waals surface area contributed by atoms with E-state index in [1.807, 2.05) is 93.6 Å². The minimum Gasteiger partial charge on any atom is -0.462 e. The summed E-state index contributed by atoms with van der Waals surface area (Å²) in [5.74, 6) is -1.91. The minimum atomic E-state index is -0.966. The molecule has 4 unspecified atom stereocenters. The smallest absolute Gasteiger partial charge is 0.407 e. The van der Waals surface area contributed by atoms with E-state index in [1.54, 1.807) is 4.90 Å². The summed E-state index contributed by atoms with van der Waals surface area (Å²) in [5.41, 5.74) is 6.08. The van der Waals surface area contributed by atoms with Crippen LogP contribution in [-0.2, 0) is 36.8 Å². The van der Waals surface area contributed by atoms with E-state index in [4.69, 9.17) is 9.47 Å². The number of cyclic esters (lactones) is 1. The van der Waals surface area contributed by atoms with Gasteiger partial charge in [-0.1, -0.05) is 106 Å². The first-order valence-corrected chi connectivity index (χ1v) is 18.2. The van der Waals surface area contributed by atoms with Gasteiger partial charge in [-0.3, -0.25) is 9.59 Å². The lowest BCUT2D eigenvalue weighted by Gasteiger charge is -2.37. The van der Waals surface area contributed by atoms with Gasteiger partial charge in [0.1, 0.15) is 19.3 Å². The van der Waals surface area contributed by atoms with Crippen LogP contribution in [0.1, 0.15) is 74.6 Å². The maximum absolute atomic E-state index is 13.8. The van der Waals surface area contributed by atoms with E-state index in [0.29, 0.717) is 25.8 Å². The first kappa shape index (κ1) is 36.8. The largest absolute Gasteiger partial charge is 0.462 e. The lowest BCUT2D eigenvalue weighted by atomic mass is 9.86.